The van der Waals surface area contributed by atoms with Gasteiger partial charge in [0.25, 0.3) is 5.91 Å². The Labute approximate surface area is 159 Å². The lowest BCUT2D eigenvalue weighted by atomic mass is 10.1. The zero-order chi connectivity index (χ0) is 18.9. The van der Waals surface area contributed by atoms with Crippen LogP contribution in [0.3, 0.4) is 0 Å². The van der Waals surface area contributed by atoms with Gasteiger partial charge in [0, 0.05) is 11.6 Å². The van der Waals surface area contributed by atoms with E-state index < -0.39 is 6.10 Å². The van der Waals surface area contributed by atoms with Gasteiger partial charge in [-0.3, -0.25) is 4.79 Å². The molecule has 1 atom stereocenters. The van der Waals surface area contributed by atoms with Crippen LogP contribution in [0, 0.1) is 0 Å². The third kappa shape index (κ3) is 5.56. The molecule has 140 valence electrons. The highest BCUT2D eigenvalue weighted by atomic mass is 35.5. The largest absolute Gasteiger partial charge is 0.493 e. The molecule has 2 aromatic carbocycles. The fourth-order valence-corrected chi connectivity index (χ4v) is 2.69. The van der Waals surface area contributed by atoms with Gasteiger partial charge in [-0.2, -0.15) is 0 Å². The molecule has 0 heterocycles. The topological polar surface area (TPSA) is 56.8 Å². The van der Waals surface area contributed by atoms with Crippen molar-refractivity contribution in [2.45, 2.75) is 25.9 Å². The Balaban J connectivity index is 1.88. The number of halogens is 1. The Morgan fingerprint density at radius 2 is 1.88 bits per heavy atom. The number of hydrogen-bond donors (Lipinski definition) is 1. The summed E-state index contributed by atoms with van der Waals surface area (Å²) >= 11 is 5.95. The number of ether oxygens (including phenoxy) is 3. The normalized spacial score (nSPS) is 11.5. The summed E-state index contributed by atoms with van der Waals surface area (Å²) in [5.74, 6) is 1.79. The van der Waals surface area contributed by atoms with Crippen molar-refractivity contribution in [2.75, 3.05) is 20.8 Å². The van der Waals surface area contributed by atoms with E-state index in [0.29, 0.717) is 41.7 Å². The van der Waals surface area contributed by atoms with E-state index in [-0.39, 0.29) is 5.91 Å². The lowest BCUT2D eigenvalue weighted by Gasteiger charge is -2.17. The highest BCUT2D eigenvalue weighted by molar-refractivity contribution is 6.30. The summed E-state index contributed by atoms with van der Waals surface area (Å²) in [5, 5.41) is 3.49. The van der Waals surface area contributed by atoms with E-state index in [4.69, 9.17) is 25.8 Å². The monoisotopic (exact) mass is 377 g/mol. The molecule has 1 N–H and O–H groups in total. The van der Waals surface area contributed by atoms with Crippen LogP contribution in [0.15, 0.2) is 42.5 Å². The highest BCUT2D eigenvalue weighted by Gasteiger charge is 2.18. The molecule has 1 amide bonds. The minimum atomic E-state index is -0.557. The van der Waals surface area contributed by atoms with Crippen LogP contribution in [0.5, 0.6) is 17.2 Å². The Hall–Kier alpha value is -2.40. The van der Waals surface area contributed by atoms with Gasteiger partial charge in [0.1, 0.15) is 5.75 Å². The molecule has 0 spiro atoms. The summed E-state index contributed by atoms with van der Waals surface area (Å²) in [5.41, 5.74) is 1.05. The third-order valence-corrected chi connectivity index (χ3v) is 4.13. The van der Waals surface area contributed by atoms with E-state index >= 15 is 0 Å². The van der Waals surface area contributed by atoms with Crippen LogP contribution in [-0.4, -0.2) is 32.8 Å². The minimum absolute atomic E-state index is 0.145. The molecule has 0 aliphatic carbocycles. The van der Waals surface area contributed by atoms with Gasteiger partial charge in [-0.1, -0.05) is 30.7 Å². The van der Waals surface area contributed by atoms with Gasteiger partial charge in [0.2, 0.25) is 0 Å². The van der Waals surface area contributed by atoms with Crippen molar-refractivity contribution in [3.8, 4) is 17.2 Å². The van der Waals surface area contributed by atoms with E-state index in [0.717, 1.165) is 5.56 Å². The maximum atomic E-state index is 12.4. The van der Waals surface area contributed by atoms with Crippen LogP contribution in [0.2, 0.25) is 5.02 Å². The van der Waals surface area contributed by atoms with Crippen molar-refractivity contribution in [1.82, 2.24) is 5.32 Å². The number of carbonyl (C=O) groups excluding carboxylic acids is 1. The standard InChI is InChI=1S/C20H24ClNO4/c1-4-17(26-16-7-5-6-15(21)13-16)20(23)22-11-10-14-8-9-18(24-2)19(12-14)25-3/h5-9,12-13,17H,4,10-11H2,1-3H3,(H,22,23). The highest BCUT2D eigenvalue weighted by Crippen LogP contribution is 2.27. The molecule has 6 heteroatoms. The van der Waals surface area contributed by atoms with Crippen molar-refractivity contribution >= 4 is 17.5 Å². The second-order valence-corrected chi connectivity index (χ2v) is 6.14. The lowest BCUT2D eigenvalue weighted by Crippen LogP contribution is -2.38. The third-order valence-electron chi connectivity index (χ3n) is 3.90. The van der Waals surface area contributed by atoms with Crippen molar-refractivity contribution in [1.29, 1.82) is 0 Å². The molecule has 2 aromatic rings. The first-order valence-electron chi connectivity index (χ1n) is 8.48. The minimum Gasteiger partial charge on any atom is -0.493 e. The average molecular weight is 378 g/mol. The quantitative estimate of drug-likeness (QED) is 0.720. The van der Waals surface area contributed by atoms with Crippen LogP contribution in [-0.2, 0) is 11.2 Å². The predicted molar refractivity (Wildman–Crippen MR) is 102 cm³/mol. The average Bonchev–Trinajstić information content (AvgIpc) is 2.65. The van der Waals surface area contributed by atoms with Crippen molar-refractivity contribution in [2.24, 2.45) is 0 Å². The number of rotatable bonds is 9. The summed E-state index contributed by atoms with van der Waals surface area (Å²) in [6.07, 6.45) is 0.688. The van der Waals surface area contributed by atoms with Crippen LogP contribution in [0.4, 0.5) is 0 Å². The summed E-state index contributed by atoms with van der Waals surface area (Å²) in [4.78, 5) is 12.4. The molecule has 0 radical (unpaired) electrons. The van der Waals surface area contributed by atoms with Crippen LogP contribution < -0.4 is 19.5 Å². The Morgan fingerprint density at radius 3 is 2.54 bits per heavy atom. The van der Waals surface area contributed by atoms with E-state index in [1.54, 1.807) is 38.5 Å². The Kier molecular flexibility index (Phi) is 7.60. The maximum Gasteiger partial charge on any atom is 0.261 e. The molecule has 0 fully saturated rings. The smallest absolute Gasteiger partial charge is 0.261 e. The van der Waals surface area contributed by atoms with Gasteiger partial charge >= 0.3 is 0 Å². The first-order valence-corrected chi connectivity index (χ1v) is 8.86. The molecule has 0 aliphatic heterocycles. The fourth-order valence-electron chi connectivity index (χ4n) is 2.51. The number of nitrogens with one attached hydrogen (secondary N) is 1. The van der Waals surface area contributed by atoms with Gasteiger partial charge in [-0.05, 0) is 48.7 Å². The first-order chi connectivity index (χ1) is 12.6. The van der Waals surface area contributed by atoms with Gasteiger partial charge in [-0.15, -0.1) is 0 Å². The van der Waals surface area contributed by atoms with Crippen LogP contribution >= 0.6 is 11.6 Å². The van der Waals surface area contributed by atoms with Crippen molar-refractivity contribution in [3.63, 3.8) is 0 Å². The van der Waals surface area contributed by atoms with Crippen LogP contribution in [0.25, 0.3) is 0 Å². The molecule has 0 bridgehead atoms. The fraction of sp³-hybridized carbons (Fsp3) is 0.350. The molecule has 0 saturated heterocycles. The second-order valence-electron chi connectivity index (χ2n) is 5.70. The summed E-state index contributed by atoms with van der Waals surface area (Å²) < 4.78 is 16.3. The van der Waals surface area contributed by atoms with E-state index in [2.05, 4.69) is 5.32 Å². The summed E-state index contributed by atoms with van der Waals surface area (Å²) in [6.45, 7) is 2.41. The molecule has 0 aliphatic rings. The zero-order valence-electron chi connectivity index (χ0n) is 15.3. The van der Waals surface area contributed by atoms with Crippen molar-refractivity contribution in [3.05, 3.63) is 53.1 Å². The maximum absolute atomic E-state index is 12.4. The molecule has 0 aromatic heterocycles. The molecule has 5 nitrogen and oxygen atoms in total. The van der Waals surface area contributed by atoms with E-state index in [9.17, 15) is 4.79 Å². The molecular weight excluding hydrogens is 354 g/mol. The first kappa shape index (κ1) is 19.9. The molecule has 1 unspecified atom stereocenters. The lowest BCUT2D eigenvalue weighted by molar-refractivity contribution is -0.128. The SMILES string of the molecule is CCC(Oc1cccc(Cl)c1)C(=O)NCCc1ccc(OC)c(OC)c1. The zero-order valence-corrected chi connectivity index (χ0v) is 16.0. The Bertz CT molecular complexity index is 736. The van der Waals surface area contributed by atoms with Gasteiger partial charge < -0.3 is 19.5 Å². The number of carbonyl (C=O) groups is 1. The van der Waals surface area contributed by atoms with Gasteiger partial charge in [0.15, 0.2) is 17.6 Å². The molecule has 26 heavy (non-hydrogen) atoms. The van der Waals surface area contributed by atoms with Crippen molar-refractivity contribution < 1.29 is 19.0 Å². The number of hydrogen-bond acceptors (Lipinski definition) is 4. The number of amides is 1. The summed E-state index contributed by atoms with van der Waals surface area (Å²) in [6, 6.07) is 12.7. The van der Waals surface area contributed by atoms with Gasteiger partial charge in [-0.25, -0.2) is 0 Å². The summed E-state index contributed by atoms with van der Waals surface area (Å²) in [7, 11) is 3.20. The Morgan fingerprint density at radius 1 is 1.12 bits per heavy atom. The molecular formula is C20H24ClNO4. The number of methoxy groups -OCH3 is 2. The van der Waals surface area contributed by atoms with E-state index in [1.807, 2.05) is 25.1 Å². The van der Waals surface area contributed by atoms with Crippen LogP contribution in [0.1, 0.15) is 18.9 Å². The molecule has 2 rings (SSSR count). The molecule has 0 saturated carbocycles. The van der Waals surface area contributed by atoms with E-state index in [1.165, 1.54) is 0 Å². The number of benzene rings is 2. The second kappa shape index (κ2) is 9.92. The van der Waals surface area contributed by atoms with Gasteiger partial charge in [0.05, 0.1) is 14.2 Å². The predicted octanol–water partition coefficient (Wildman–Crippen LogP) is 3.87.